The van der Waals surface area contributed by atoms with Crippen molar-refractivity contribution in [3.63, 3.8) is 0 Å². The smallest absolute Gasteiger partial charge is 0.264 e. The van der Waals surface area contributed by atoms with Crippen molar-refractivity contribution in [3.8, 4) is 11.5 Å². The first-order valence-electron chi connectivity index (χ1n) is 14.9. The highest BCUT2D eigenvalue weighted by Crippen LogP contribution is 2.29. The van der Waals surface area contributed by atoms with Crippen LogP contribution in [0.15, 0.2) is 149 Å². The number of nitrogens with one attached hydrogen (secondary N) is 1. The Balaban J connectivity index is 1.53. The normalized spacial score (nSPS) is 11.7. The number of anilines is 1. The summed E-state index contributed by atoms with van der Waals surface area (Å²) < 4.78 is 36.1. The number of carbonyl (C=O) groups is 2. The second-order valence-electron chi connectivity index (χ2n) is 10.7. The van der Waals surface area contributed by atoms with Crippen LogP contribution in [0.5, 0.6) is 11.5 Å². The molecule has 5 aromatic rings. The van der Waals surface area contributed by atoms with Gasteiger partial charge in [-0.15, -0.1) is 0 Å². The fourth-order valence-electron chi connectivity index (χ4n) is 5.11. The van der Waals surface area contributed by atoms with Crippen LogP contribution >= 0.6 is 15.9 Å². The van der Waals surface area contributed by atoms with Gasteiger partial charge in [-0.25, -0.2) is 8.42 Å². The summed E-state index contributed by atoms with van der Waals surface area (Å²) in [6, 6.07) is 39.6. The number of nitrogens with zero attached hydrogens (tertiary/aromatic N) is 2. The first-order chi connectivity index (χ1) is 22.7. The summed E-state index contributed by atoms with van der Waals surface area (Å²) in [5, 5.41) is 2.70. The SMILES string of the molecule is CNC(=O)C(Cc1ccccc1)N(Cc1cccc(Br)c1)C(=O)CN(c1ccc(Oc2ccccc2)cc1)S(=O)(=O)c1ccccc1. The van der Waals surface area contributed by atoms with Gasteiger partial charge in [0.05, 0.1) is 10.6 Å². The molecule has 0 saturated heterocycles. The molecule has 47 heavy (non-hydrogen) atoms. The van der Waals surface area contributed by atoms with E-state index in [1.165, 1.54) is 24.1 Å². The molecule has 8 nitrogen and oxygen atoms in total. The lowest BCUT2D eigenvalue weighted by atomic mass is 10.0. The summed E-state index contributed by atoms with van der Waals surface area (Å²) in [6.07, 6.45) is 0.233. The summed E-state index contributed by atoms with van der Waals surface area (Å²) in [6.45, 7) is -0.474. The summed E-state index contributed by atoms with van der Waals surface area (Å²) in [4.78, 5) is 29.4. The summed E-state index contributed by atoms with van der Waals surface area (Å²) in [7, 11) is -2.69. The molecule has 0 aliphatic rings. The molecule has 5 aromatic carbocycles. The summed E-state index contributed by atoms with van der Waals surface area (Å²) in [5.41, 5.74) is 1.90. The van der Waals surface area contributed by atoms with E-state index < -0.39 is 28.5 Å². The lowest BCUT2D eigenvalue weighted by Gasteiger charge is -2.33. The number of hydrogen-bond acceptors (Lipinski definition) is 5. The molecule has 240 valence electrons. The Bertz CT molecular complexity index is 1890. The van der Waals surface area contributed by atoms with Crippen molar-refractivity contribution in [3.05, 3.63) is 155 Å². The first kappa shape index (κ1) is 33.4. The number of amides is 2. The number of rotatable bonds is 13. The molecule has 5 rings (SSSR count). The molecular weight excluding hydrogens is 678 g/mol. The lowest BCUT2D eigenvalue weighted by Crippen LogP contribution is -2.53. The molecule has 0 aliphatic carbocycles. The molecule has 0 aromatic heterocycles. The van der Waals surface area contributed by atoms with E-state index >= 15 is 0 Å². The molecule has 0 aliphatic heterocycles. The third-order valence-electron chi connectivity index (χ3n) is 7.47. The molecular formula is C37H34BrN3O5S. The van der Waals surface area contributed by atoms with Gasteiger partial charge in [0.2, 0.25) is 11.8 Å². The van der Waals surface area contributed by atoms with E-state index in [2.05, 4.69) is 21.2 Å². The second kappa shape index (κ2) is 15.6. The quantitative estimate of drug-likeness (QED) is 0.145. The molecule has 0 spiro atoms. The Hall–Kier alpha value is -4.93. The van der Waals surface area contributed by atoms with Crippen molar-refractivity contribution in [1.29, 1.82) is 0 Å². The number of halogens is 1. The zero-order chi connectivity index (χ0) is 33.2. The predicted octanol–water partition coefficient (Wildman–Crippen LogP) is 6.82. The number of benzene rings is 5. The molecule has 0 bridgehead atoms. The van der Waals surface area contributed by atoms with Gasteiger partial charge in [0.1, 0.15) is 24.1 Å². The Morgan fingerprint density at radius 3 is 1.94 bits per heavy atom. The highest BCUT2D eigenvalue weighted by atomic mass is 79.9. The van der Waals surface area contributed by atoms with E-state index in [1.807, 2.05) is 84.9 Å². The van der Waals surface area contributed by atoms with Crippen LogP contribution in [0.4, 0.5) is 5.69 Å². The van der Waals surface area contributed by atoms with Crippen LogP contribution < -0.4 is 14.4 Å². The van der Waals surface area contributed by atoms with Gasteiger partial charge in [-0.3, -0.25) is 13.9 Å². The van der Waals surface area contributed by atoms with Crippen LogP contribution in [0.3, 0.4) is 0 Å². The average Bonchev–Trinajstić information content (AvgIpc) is 3.10. The van der Waals surface area contributed by atoms with Gasteiger partial charge in [0, 0.05) is 24.5 Å². The Kier molecular flexibility index (Phi) is 11.1. The van der Waals surface area contributed by atoms with E-state index in [4.69, 9.17) is 4.74 Å². The maximum Gasteiger partial charge on any atom is 0.264 e. The number of sulfonamides is 1. The molecule has 10 heteroatoms. The summed E-state index contributed by atoms with van der Waals surface area (Å²) in [5.74, 6) is 0.226. The lowest BCUT2D eigenvalue weighted by molar-refractivity contribution is -0.139. The number of carbonyl (C=O) groups excluding carboxylic acids is 2. The summed E-state index contributed by atoms with van der Waals surface area (Å²) >= 11 is 3.49. The van der Waals surface area contributed by atoms with Crippen molar-refractivity contribution in [2.24, 2.45) is 0 Å². The van der Waals surface area contributed by atoms with Crippen molar-refractivity contribution < 1.29 is 22.7 Å². The highest BCUT2D eigenvalue weighted by Gasteiger charge is 2.34. The monoisotopic (exact) mass is 711 g/mol. The van der Waals surface area contributed by atoms with Crippen LogP contribution in [-0.2, 0) is 32.6 Å². The molecule has 0 heterocycles. The van der Waals surface area contributed by atoms with Gasteiger partial charge in [-0.2, -0.15) is 0 Å². The zero-order valence-electron chi connectivity index (χ0n) is 25.7. The number of ether oxygens (including phenoxy) is 1. The molecule has 0 fully saturated rings. The minimum atomic E-state index is -4.21. The topological polar surface area (TPSA) is 96.0 Å². The standard InChI is InChI=1S/C37H34BrN3O5S/c1-39-37(43)35(25-28-12-5-2-6-13-28)40(26-29-14-11-15-30(38)24-29)36(42)27-41(47(44,45)34-18-9-4-10-19-34)31-20-22-33(23-21-31)46-32-16-7-3-8-17-32/h2-24,35H,25-27H2,1H3,(H,39,43). The van der Waals surface area contributed by atoms with Gasteiger partial charge >= 0.3 is 0 Å². The van der Waals surface area contributed by atoms with Crippen LogP contribution in [0.25, 0.3) is 0 Å². The van der Waals surface area contributed by atoms with Crippen molar-refractivity contribution in [1.82, 2.24) is 10.2 Å². The van der Waals surface area contributed by atoms with Crippen molar-refractivity contribution in [2.75, 3.05) is 17.9 Å². The minimum Gasteiger partial charge on any atom is -0.457 e. The maximum atomic E-state index is 14.5. The van der Waals surface area contributed by atoms with Gasteiger partial charge in [0.15, 0.2) is 0 Å². The van der Waals surface area contributed by atoms with Crippen LogP contribution in [0.2, 0.25) is 0 Å². The average molecular weight is 713 g/mol. The van der Waals surface area contributed by atoms with E-state index in [0.29, 0.717) is 11.5 Å². The van der Waals surface area contributed by atoms with E-state index in [1.54, 1.807) is 42.5 Å². The molecule has 0 saturated carbocycles. The van der Waals surface area contributed by atoms with Gasteiger partial charge in [0.25, 0.3) is 10.0 Å². The minimum absolute atomic E-state index is 0.0306. The number of hydrogen-bond donors (Lipinski definition) is 1. The Morgan fingerprint density at radius 2 is 1.32 bits per heavy atom. The van der Waals surface area contributed by atoms with Gasteiger partial charge < -0.3 is 15.0 Å². The van der Waals surface area contributed by atoms with Gasteiger partial charge in [-0.1, -0.05) is 94.8 Å². The van der Waals surface area contributed by atoms with Crippen LogP contribution in [-0.4, -0.2) is 44.8 Å². The number of para-hydroxylation sites is 1. The molecule has 1 N–H and O–H groups in total. The van der Waals surface area contributed by atoms with E-state index in [0.717, 1.165) is 19.9 Å². The number of likely N-dealkylation sites (N-methyl/N-ethyl adjacent to an activating group) is 1. The second-order valence-corrected chi connectivity index (χ2v) is 13.5. The third kappa shape index (κ3) is 8.66. The van der Waals surface area contributed by atoms with Crippen LogP contribution in [0, 0.1) is 0 Å². The van der Waals surface area contributed by atoms with Crippen LogP contribution in [0.1, 0.15) is 11.1 Å². The molecule has 1 unspecified atom stereocenters. The fourth-order valence-corrected chi connectivity index (χ4v) is 6.99. The predicted molar refractivity (Wildman–Crippen MR) is 187 cm³/mol. The fraction of sp³-hybridized carbons (Fsp3) is 0.135. The third-order valence-corrected chi connectivity index (χ3v) is 9.75. The molecule has 0 radical (unpaired) electrons. The van der Waals surface area contributed by atoms with Gasteiger partial charge in [-0.05, 0) is 71.8 Å². The molecule has 1 atom stereocenters. The maximum absolute atomic E-state index is 14.5. The largest absolute Gasteiger partial charge is 0.457 e. The Morgan fingerprint density at radius 1 is 0.745 bits per heavy atom. The molecule has 2 amide bonds. The highest BCUT2D eigenvalue weighted by molar-refractivity contribution is 9.10. The van der Waals surface area contributed by atoms with Crippen molar-refractivity contribution >= 4 is 43.5 Å². The first-order valence-corrected chi connectivity index (χ1v) is 17.2. The zero-order valence-corrected chi connectivity index (χ0v) is 28.1. The van der Waals surface area contributed by atoms with E-state index in [-0.39, 0.29) is 29.5 Å². The van der Waals surface area contributed by atoms with Crippen molar-refractivity contribution in [2.45, 2.75) is 23.9 Å². The van der Waals surface area contributed by atoms with E-state index in [9.17, 15) is 18.0 Å². The Labute approximate surface area is 283 Å².